The molecule has 0 saturated heterocycles. The Labute approximate surface area is 195 Å². The molecule has 0 fully saturated rings. The predicted octanol–water partition coefficient (Wildman–Crippen LogP) is 7.21. The summed E-state index contributed by atoms with van der Waals surface area (Å²) < 4.78 is 0. The van der Waals surface area contributed by atoms with Crippen molar-refractivity contribution in [2.45, 2.75) is 39.7 Å². The van der Waals surface area contributed by atoms with E-state index in [0.717, 1.165) is 23.1 Å². The third-order valence-corrected chi connectivity index (χ3v) is 6.79. The van der Waals surface area contributed by atoms with Crippen LogP contribution in [0.1, 0.15) is 44.9 Å². The fraction of sp³-hybridized carbons (Fsp3) is 0.200. The van der Waals surface area contributed by atoms with Crippen LogP contribution in [0, 0.1) is 32.6 Å². The minimum atomic E-state index is 0.0325. The Balaban J connectivity index is 1.75. The Kier molecular flexibility index (Phi) is 6.90. The quantitative estimate of drug-likeness (QED) is 0.328. The molecule has 1 heterocycles. The van der Waals surface area contributed by atoms with Gasteiger partial charge in [-0.3, -0.25) is 0 Å². The fourth-order valence-electron chi connectivity index (χ4n) is 3.90. The van der Waals surface area contributed by atoms with Crippen LogP contribution in [0.25, 0.3) is 10.4 Å². The molecule has 1 unspecified atom stereocenters. The number of rotatable bonds is 5. The van der Waals surface area contributed by atoms with E-state index < -0.39 is 0 Å². The van der Waals surface area contributed by atoms with E-state index in [1.54, 1.807) is 11.3 Å². The Morgan fingerprint density at radius 3 is 2.41 bits per heavy atom. The van der Waals surface area contributed by atoms with Crippen LogP contribution in [-0.4, -0.2) is 5.11 Å². The van der Waals surface area contributed by atoms with Crippen molar-refractivity contribution in [2.24, 2.45) is 0 Å². The highest BCUT2D eigenvalue weighted by molar-refractivity contribution is 7.13. The van der Waals surface area contributed by atoms with E-state index in [9.17, 15) is 5.11 Å². The van der Waals surface area contributed by atoms with Crippen LogP contribution in [0.15, 0.2) is 78.2 Å². The van der Waals surface area contributed by atoms with Crippen molar-refractivity contribution in [3.8, 4) is 22.3 Å². The highest BCUT2D eigenvalue weighted by atomic mass is 32.1. The second-order valence-electron chi connectivity index (χ2n) is 8.37. The standard InChI is InChI=1S/C30H28OS/c1-21-6-4-7-27(16-21)28(18-24-10-9-22(2)23(3)17-24)14-13-26-12-11-25(20-31)19-29(26)30-8-5-15-32-30/h4-12,15-17,19,28,31H,18,20H2,1-3H3. The van der Waals surface area contributed by atoms with Gasteiger partial charge in [0.25, 0.3) is 0 Å². The van der Waals surface area contributed by atoms with Crippen molar-refractivity contribution in [1.29, 1.82) is 0 Å². The summed E-state index contributed by atoms with van der Waals surface area (Å²) in [5.41, 5.74) is 9.44. The lowest BCUT2D eigenvalue weighted by molar-refractivity contribution is 0.282. The van der Waals surface area contributed by atoms with E-state index in [2.05, 4.69) is 98.7 Å². The van der Waals surface area contributed by atoms with Crippen molar-refractivity contribution < 1.29 is 5.11 Å². The van der Waals surface area contributed by atoms with Gasteiger partial charge in [0.2, 0.25) is 0 Å². The van der Waals surface area contributed by atoms with Crippen LogP contribution in [0.4, 0.5) is 0 Å². The molecule has 0 radical (unpaired) electrons. The molecule has 0 aliphatic carbocycles. The molecule has 0 spiro atoms. The minimum absolute atomic E-state index is 0.0325. The summed E-state index contributed by atoms with van der Waals surface area (Å²) in [5.74, 6) is 7.19. The zero-order chi connectivity index (χ0) is 22.5. The largest absolute Gasteiger partial charge is 0.392 e. The third kappa shape index (κ3) is 5.19. The van der Waals surface area contributed by atoms with Crippen molar-refractivity contribution in [1.82, 2.24) is 0 Å². The van der Waals surface area contributed by atoms with Gasteiger partial charge < -0.3 is 5.11 Å². The van der Waals surface area contributed by atoms with E-state index >= 15 is 0 Å². The maximum atomic E-state index is 9.62. The highest BCUT2D eigenvalue weighted by Crippen LogP contribution is 2.30. The molecule has 0 saturated carbocycles. The molecule has 1 nitrogen and oxygen atoms in total. The lowest BCUT2D eigenvalue weighted by Gasteiger charge is -2.14. The number of thiophene rings is 1. The number of hydrogen-bond donors (Lipinski definition) is 1. The van der Waals surface area contributed by atoms with Crippen molar-refractivity contribution >= 4 is 11.3 Å². The highest BCUT2D eigenvalue weighted by Gasteiger charge is 2.12. The maximum Gasteiger partial charge on any atom is 0.0682 e. The number of hydrogen-bond acceptors (Lipinski definition) is 2. The van der Waals surface area contributed by atoms with E-state index in [1.165, 1.54) is 32.7 Å². The summed E-state index contributed by atoms with van der Waals surface area (Å²) in [6.45, 7) is 6.48. The number of aliphatic hydroxyl groups excluding tert-OH is 1. The van der Waals surface area contributed by atoms with E-state index in [-0.39, 0.29) is 12.5 Å². The molecule has 0 aliphatic rings. The van der Waals surface area contributed by atoms with E-state index in [0.29, 0.717) is 0 Å². The summed E-state index contributed by atoms with van der Waals surface area (Å²) in [6.07, 6.45) is 0.876. The Morgan fingerprint density at radius 2 is 1.69 bits per heavy atom. The molecule has 1 N–H and O–H groups in total. The van der Waals surface area contributed by atoms with Gasteiger partial charge in [-0.1, -0.05) is 72.0 Å². The first-order valence-corrected chi connectivity index (χ1v) is 11.8. The Hall–Kier alpha value is -3.12. The van der Waals surface area contributed by atoms with Crippen LogP contribution in [0.5, 0.6) is 0 Å². The van der Waals surface area contributed by atoms with Gasteiger partial charge >= 0.3 is 0 Å². The van der Waals surface area contributed by atoms with Crippen molar-refractivity contribution in [2.75, 3.05) is 0 Å². The zero-order valence-corrected chi connectivity index (χ0v) is 19.7. The average molecular weight is 437 g/mol. The summed E-state index contributed by atoms with van der Waals surface area (Å²) >= 11 is 1.70. The molecular weight excluding hydrogens is 408 g/mol. The monoisotopic (exact) mass is 436 g/mol. The van der Waals surface area contributed by atoms with Crippen LogP contribution >= 0.6 is 11.3 Å². The second-order valence-corrected chi connectivity index (χ2v) is 9.32. The van der Waals surface area contributed by atoms with Gasteiger partial charge in [0.05, 0.1) is 6.61 Å². The number of aryl methyl sites for hydroxylation is 3. The fourth-order valence-corrected chi connectivity index (χ4v) is 4.66. The predicted molar refractivity (Wildman–Crippen MR) is 136 cm³/mol. The smallest absolute Gasteiger partial charge is 0.0682 e. The zero-order valence-electron chi connectivity index (χ0n) is 18.9. The maximum absolute atomic E-state index is 9.62. The van der Waals surface area contributed by atoms with Gasteiger partial charge in [-0.15, -0.1) is 11.3 Å². The lowest BCUT2D eigenvalue weighted by Crippen LogP contribution is -2.02. The van der Waals surface area contributed by atoms with Gasteiger partial charge in [-0.05, 0) is 78.6 Å². The Morgan fingerprint density at radius 1 is 0.844 bits per heavy atom. The van der Waals surface area contributed by atoms with Gasteiger partial charge in [0.15, 0.2) is 0 Å². The molecule has 2 heteroatoms. The van der Waals surface area contributed by atoms with Gasteiger partial charge in [0, 0.05) is 21.9 Å². The second kappa shape index (κ2) is 10.0. The first-order valence-electron chi connectivity index (χ1n) is 11.0. The van der Waals surface area contributed by atoms with Crippen molar-refractivity contribution in [3.63, 3.8) is 0 Å². The summed E-state index contributed by atoms with van der Waals surface area (Å²) in [4.78, 5) is 1.17. The molecule has 0 bridgehead atoms. The number of benzene rings is 3. The molecule has 1 atom stereocenters. The van der Waals surface area contributed by atoms with Crippen LogP contribution < -0.4 is 0 Å². The Bertz CT molecular complexity index is 1270. The lowest BCUT2D eigenvalue weighted by atomic mass is 9.90. The first-order chi connectivity index (χ1) is 15.5. The summed E-state index contributed by atoms with van der Waals surface area (Å²) in [6, 6.07) is 25.6. The molecule has 0 amide bonds. The molecule has 160 valence electrons. The van der Waals surface area contributed by atoms with Crippen LogP contribution in [0.3, 0.4) is 0 Å². The SMILES string of the molecule is Cc1cccc(C(C#Cc2ccc(CO)cc2-c2cccs2)Cc2ccc(C)c(C)c2)c1. The topological polar surface area (TPSA) is 20.2 Å². The normalized spacial score (nSPS) is 11.6. The average Bonchev–Trinajstić information content (AvgIpc) is 3.34. The molecule has 3 aromatic carbocycles. The third-order valence-electron chi connectivity index (χ3n) is 5.89. The van der Waals surface area contributed by atoms with Crippen molar-refractivity contribution in [3.05, 3.63) is 117 Å². The van der Waals surface area contributed by atoms with E-state index in [1.807, 2.05) is 12.1 Å². The molecular formula is C30H28OS. The first kappa shape index (κ1) is 22.1. The van der Waals surface area contributed by atoms with Gasteiger partial charge in [-0.25, -0.2) is 0 Å². The van der Waals surface area contributed by atoms with Crippen LogP contribution in [0.2, 0.25) is 0 Å². The molecule has 4 rings (SSSR count). The van der Waals surface area contributed by atoms with Crippen LogP contribution in [-0.2, 0) is 13.0 Å². The van der Waals surface area contributed by atoms with Gasteiger partial charge in [0.1, 0.15) is 0 Å². The summed E-state index contributed by atoms with van der Waals surface area (Å²) in [5, 5.41) is 11.7. The van der Waals surface area contributed by atoms with Gasteiger partial charge in [-0.2, -0.15) is 0 Å². The summed E-state index contributed by atoms with van der Waals surface area (Å²) in [7, 11) is 0. The molecule has 32 heavy (non-hydrogen) atoms. The number of aliphatic hydroxyl groups is 1. The van der Waals surface area contributed by atoms with E-state index in [4.69, 9.17) is 0 Å². The molecule has 4 aromatic rings. The molecule has 0 aliphatic heterocycles. The molecule has 1 aromatic heterocycles. The minimum Gasteiger partial charge on any atom is -0.392 e.